The van der Waals surface area contributed by atoms with E-state index in [1.165, 1.54) is 39.2 Å². The van der Waals surface area contributed by atoms with E-state index in [-0.39, 0.29) is 0 Å². The number of nitrogens with zero attached hydrogens (tertiary/aromatic N) is 1. The van der Waals surface area contributed by atoms with Gasteiger partial charge in [0.25, 0.3) is 0 Å². The molecule has 0 saturated carbocycles. The monoisotopic (exact) mass is 357 g/mol. The molecule has 0 bridgehead atoms. The molecule has 0 unspecified atom stereocenters. The number of benzene rings is 2. The van der Waals surface area contributed by atoms with Crippen LogP contribution in [0.15, 0.2) is 85.1 Å². The Labute approximate surface area is 165 Å². The number of hydrogen-bond acceptors (Lipinski definition) is 1. The molecule has 0 amide bonds. The molecule has 27 heavy (non-hydrogen) atoms. The van der Waals surface area contributed by atoms with Crippen LogP contribution in [0.5, 0.6) is 0 Å². The lowest BCUT2D eigenvalue weighted by molar-refractivity contribution is 1.09. The van der Waals surface area contributed by atoms with Crippen molar-refractivity contribution in [1.82, 2.24) is 0 Å². The van der Waals surface area contributed by atoms with Crippen molar-refractivity contribution in [2.45, 2.75) is 41.0 Å². The summed E-state index contributed by atoms with van der Waals surface area (Å²) >= 11 is 0. The van der Waals surface area contributed by atoms with E-state index in [0.717, 1.165) is 12.1 Å². The highest BCUT2D eigenvalue weighted by molar-refractivity contribution is 5.75. The average molecular weight is 358 g/mol. The largest absolute Gasteiger partial charge is 0.310 e. The van der Waals surface area contributed by atoms with Crippen LogP contribution in [0.4, 0.5) is 11.4 Å². The maximum Gasteiger partial charge on any atom is 0.0497 e. The smallest absolute Gasteiger partial charge is 0.0497 e. The minimum absolute atomic E-state index is 0.887. The van der Waals surface area contributed by atoms with Crippen LogP contribution < -0.4 is 4.90 Å². The molecule has 0 atom stereocenters. The van der Waals surface area contributed by atoms with Crippen LogP contribution in [0.3, 0.4) is 0 Å². The third-order valence-electron chi connectivity index (χ3n) is 4.70. The Morgan fingerprint density at radius 2 is 1.59 bits per heavy atom. The maximum atomic E-state index is 4.05. The fourth-order valence-corrected chi connectivity index (χ4v) is 3.44. The van der Waals surface area contributed by atoms with Crippen molar-refractivity contribution < 1.29 is 0 Å². The number of anilines is 2. The lowest BCUT2D eigenvalue weighted by atomic mass is 9.99. The zero-order chi connectivity index (χ0) is 20.0. The molecule has 0 spiro atoms. The first kappa shape index (κ1) is 20.5. The second kappa shape index (κ2) is 9.23. The Bertz CT molecular complexity index is 896. The highest BCUT2D eigenvalue weighted by atomic mass is 15.1. The van der Waals surface area contributed by atoms with Crippen molar-refractivity contribution in [2.75, 3.05) is 4.90 Å². The van der Waals surface area contributed by atoms with Gasteiger partial charge < -0.3 is 4.90 Å². The highest BCUT2D eigenvalue weighted by Crippen LogP contribution is 2.36. The molecule has 0 aliphatic heterocycles. The van der Waals surface area contributed by atoms with E-state index in [9.17, 15) is 0 Å². The lowest BCUT2D eigenvalue weighted by Gasteiger charge is -2.30. The van der Waals surface area contributed by atoms with Crippen LogP contribution in [-0.4, -0.2) is 0 Å². The zero-order valence-corrected chi connectivity index (χ0v) is 17.3. The normalized spacial score (nSPS) is 12.0. The summed E-state index contributed by atoms with van der Waals surface area (Å²) in [5, 5.41) is 0. The van der Waals surface area contributed by atoms with E-state index in [1.807, 2.05) is 12.2 Å². The molecule has 0 aromatic heterocycles. The van der Waals surface area contributed by atoms with Gasteiger partial charge in [-0.3, -0.25) is 0 Å². The molecule has 0 N–H and O–H groups in total. The van der Waals surface area contributed by atoms with Gasteiger partial charge in [0.2, 0.25) is 0 Å². The fraction of sp³-hybridized carbons (Fsp3) is 0.231. The van der Waals surface area contributed by atoms with Gasteiger partial charge in [0.05, 0.1) is 0 Å². The summed E-state index contributed by atoms with van der Waals surface area (Å²) < 4.78 is 0. The molecule has 0 heterocycles. The highest BCUT2D eigenvalue weighted by Gasteiger charge is 2.18. The number of aryl methyl sites for hydroxylation is 3. The van der Waals surface area contributed by atoms with E-state index >= 15 is 0 Å². The molecule has 1 heteroatoms. The molecule has 2 aromatic rings. The molecule has 0 saturated heterocycles. The van der Waals surface area contributed by atoms with E-state index in [4.69, 9.17) is 0 Å². The lowest BCUT2D eigenvalue weighted by Crippen LogP contribution is -2.18. The first-order chi connectivity index (χ1) is 12.9. The van der Waals surface area contributed by atoms with Gasteiger partial charge in [0, 0.05) is 17.1 Å². The van der Waals surface area contributed by atoms with Crippen molar-refractivity contribution in [2.24, 2.45) is 0 Å². The van der Waals surface area contributed by atoms with Crippen LogP contribution in [0.25, 0.3) is 0 Å². The van der Waals surface area contributed by atoms with E-state index in [2.05, 4.69) is 101 Å². The number of hydrogen-bond donors (Lipinski definition) is 0. The predicted octanol–water partition coefficient (Wildman–Crippen LogP) is 7.51. The maximum absolute atomic E-state index is 4.05. The summed E-state index contributed by atoms with van der Waals surface area (Å²) in [5.74, 6) is 0. The van der Waals surface area contributed by atoms with Gasteiger partial charge in [-0.05, 0) is 70.4 Å². The molecule has 140 valence electrons. The quantitative estimate of drug-likeness (QED) is 0.463. The third-order valence-corrected chi connectivity index (χ3v) is 4.70. The number of allylic oxidation sites excluding steroid dienone is 5. The Morgan fingerprint density at radius 3 is 2.15 bits per heavy atom. The summed E-state index contributed by atoms with van der Waals surface area (Å²) in [4.78, 5) is 2.32. The summed E-state index contributed by atoms with van der Waals surface area (Å²) in [5.41, 5.74) is 9.83. The predicted molar refractivity (Wildman–Crippen MR) is 121 cm³/mol. The SMILES string of the molecule is C=C/C=C(\C)Cc1cc(C)ccc1N(/C(C=C)=C/C)c1ccc(C)cc1C. The van der Waals surface area contributed by atoms with Crippen molar-refractivity contribution in [3.8, 4) is 0 Å². The molecular formula is C26H31N. The summed E-state index contributed by atoms with van der Waals surface area (Å²) in [7, 11) is 0. The van der Waals surface area contributed by atoms with Gasteiger partial charge in [-0.15, -0.1) is 0 Å². The Kier molecular flexibility index (Phi) is 7.01. The summed E-state index contributed by atoms with van der Waals surface area (Å²) in [6.45, 7) is 18.5. The van der Waals surface area contributed by atoms with Crippen molar-refractivity contribution in [3.05, 3.63) is 107 Å². The van der Waals surface area contributed by atoms with Gasteiger partial charge in [-0.25, -0.2) is 0 Å². The van der Waals surface area contributed by atoms with E-state index in [1.54, 1.807) is 0 Å². The molecule has 0 radical (unpaired) electrons. The molecular weight excluding hydrogens is 326 g/mol. The van der Waals surface area contributed by atoms with Crippen molar-refractivity contribution in [3.63, 3.8) is 0 Å². The summed E-state index contributed by atoms with van der Waals surface area (Å²) in [6, 6.07) is 13.3. The fourth-order valence-electron chi connectivity index (χ4n) is 3.44. The minimum atomic E-state index is 0.887. The van der Waals surface area contributed by atoms with Gasteiger partial charge in [0.1, 0.15) is 0 Å². The molecule has 0 fully saturated rings. The Hall–Kier alpha value is -2.80. The first-order valence-electron chi connectivity index (χ1n) is 9.45. The topological polar surface area (TPSA) is 3.24 Å². The average Bonchev–Trinajstić information content (AvgIpc) is 2.61. The van der Waals surface area contributed by atoms with Gasteiger partial charge in [-0.1, -0.05) is 72.4 Å². The van der Waals surface area contributed by atoms with Crippen LogP contribution in [-0.2, 0) is 6.42 Å². The van der Waals surface area contributed by atoms with Crippen LogP contribution in [0, 0.1) is 20.8 Å². The second-order valence-electron chi connectivity index (χ2n) is 7.10. The number of rotatable bonds is 7. The Morgan fingerprint density at radius 1 is 0.963 bits per heavy atom. The molecule has 2 rings (SSSR count). The Balaban J connectivity index is 2.71. The van der Waals surface area contributed by atoms with Crippen LogP contribution in [0.2, 0.25) is 0 Å². The van der Waals surface area contributed by atoms with Crippen molar-refractivity contribution in [1.29, 1.82) is 0 Å². The first-order valence-corrected chi connectivity index (χ1v) is 9.45. The minimum Gasteiger partial charge on any atom is -0.310 e. The standard InChI is InChI=1S/C26H31N/c1-8-11-19(4)17-23-18-21(6)13-15-26(23)27(24(9-2)10-3)25-14-12-20(5)16-22(25)7/h8-16,18H,1-2,17H2,3-7H3/b19-11+,24-10+. The molecule has 0 aliphatic rings. The summed E-state index contributed by atoms with van der Waals surface area (Å²) in [6.07, 6.45) is 8.86. The van der Waals surface area contributed by atoms with Gasteiger partial charge in [-0.2, -0.15) is 0 Å². The van der Waals surface area contributed by atoms with Crippen LogP contribution in [0.1, 0.15) is 36.1 Å². The van der Waals surface area contributed by atoms with Gasteiger partial charge >= 0.3 is 0 Å². The van der Waals surface area contributed by atoms with Gasteiger partial charge in [0.15, 0.2) is 0 Å². The van der Waals surface area contributed by atoms with E-state index in [0.29, 0.717) is 0 Å². The van der Waals surface area contributed by atoms with Crippen LogP contribution >= 0.6 is 0 Å². The molecule has 0 aliphatic carbocycles. The zero-order valence-electron chi connectivity index (χ0n) is 17.3. The third kappa shape index (κ3) is 4.89. The molecule has 2 aromatic carbocycles. The molecule has 1 nitrogen and oxygen atoms in total. The van der Waals surface area contributed by atoms with E-state index < -0.39 is 0 Å². The second-order valence-corrected chi connectivity index (χ2v) is 7.10. The van der Waals surface area contributed by atoms with Crippen molar-refractivity contribution >= 4 is 11.4 Å².